The number of amides is 1. The van der Waals surface area contributed by atoms with E-state index in [0.717, 1.165) is 10.2 Å². The summed E-state index contributed by atoms with van der Waals surface area (Å²) in [5.41, 5.74) is 5.93. The number of anilines is 2. The highest BCUT2D eigenvalue weighted by atomic mass is 32.1. The fourth-order valence-corrected chi connectivity index (χ4v) is 2.37. The Kier molecular flexibility index (Phi) is 3.23. The molecule has 0 atom stereocenters. The fraction of sp³-hybridized carbons (Fsp3) is 0. The van der Waals surface area contributed by atoms with Crippen LogP contribution >= 0.6 is 11.3 Å². The Bertz CT molecular complexity index is 754. The molecule has 20 heavy (non-hydrogen) atoms. The fourth-order valence-electron chi connectivity index (χ4n) is 1.66. The topological polar surface area (TPSA) is 106 Å². The van der Waals surface area contributed by atoms with Crippen molar-refractivity contribution in [2.45, 2.75) is 0 Å². The summed E-state index contributed by atoms with van der Waals surface area (Å²) in [6.07, 6.45) is 0. The van der Waals surface area contributed by atoms with Crippen molar-refractivity contribution in [3.8, 4) is 0 Å². The lowest BCUT2D eigenvalue weighted by molar-refractivity contribution is 0.102. The number of rotatable bonds is 3. The highest BCUT2D eigenvalue weighted by molar-refractivity contribution is 7.16. The van der Waals surface area contributed by atoms with Gasteiger partial charge < -0.3 is 10.7 Å². The van der Waals surface area contributed by atoms with Gasteiger partial charge in [0.1, 0.15) is 0 Å². The number of fused-ring (bicyclic) bond motifs is 1. The molecular formula is C12H10N6OS. The molecule has 3 rings (SSSR count). The van der Waals surface area contributed by atoms with E-state index >= 15 is 0 Å². The molecular weight excluding hydrogens is 276 g/mol. The minimum Gasteiger partial charge on any atom is -0.321 e. The Balaban J connectivity index is 1.80. The highest BCUT2D eigenvalue weighted by Crippen LogP contribution is 2.22. The number of carbonyl (C=O) groups excluding carboxylic acids is 1. The predicted octanol–water partition coefficient (Wildman–Crippen LogP) is 1.62. The molecule has 4 N–H and O–H groups in total. The van der Waals surface area contributed by atoms with E-state index in [1.807, 2.05) is 12.1 Å². The number of nitrogens with zero attached hydrogens (tertiary/aromatic N) is 3. The molecule has 3 aromatic rings. The molecule has 2 aromatic heterocycles. The molecule has 2 heterocycles. The van der Waals surface area contributed by atoms with E-state index in [1.165, 1.54) is 11.3 Å². The van der Waals surface area contributed by atoms with Gasteiger partial charge in [-0.15, -0.1) is 21.5 Å². The summed E-state index contributed by atoms with van der Waals surface area (Å²) in [4.78, 5) is 16.2. The Morgan fingerprint density at radius 1 is 1.20 bits per heavy atom. The van der Waals surface area contributed by atoms with Crippen LogP contribution in [-0.2, 0) is 0 Å². The van der Waals surface area contributed by atoms with Crippen LogP contribution in [0.4, 0.5) is 11.5 Å². The number of nitrogens with one attached hydrogen (secondary N) is 2. The maximum atomic E-state index is 12.0. The number of carbonyl (C=O) groups is 1. The summed E-state index contributed by atoms with van der Waals surface area (Å²) in [7, 11) is 0. The van der Waals surface area contributed by atoms with Gasteiger partial charge >= 0.3 is 0 Å². The molecule has 0 spiro atoms. The first-order valence-corrected chi connectivity index (χ1v) is 6.59. The molecule has 8 heteroatoms. The van der Waals surface area contributed by atoms with Crippen molar-refractivity contribution < 1.29 is 4.79 Å². The van der Waals surface area contributed by atoms with E-state index in [4.69, 9.17) is 5.84 Å². The molecule has 0 bridgehead atoms. The van der Waals surface area contributed by atoms with Crippen LogP contribution in [0, 0.1) is 0 Å². The quantitative estimate of drug-likeness (QED) is 0.499. The van der Waals surface area contributed by atoms with Crippen molar-refractivity contribution in [2.75, 3.05) is 10.7 Å². The van der Waals surface area contributed by atoms with E-state index in [9.17, 15) is 4.79 Å². The van der Waals surface area contributed by atoms with Gasteiger partial charge in [-0.3, -0.25) is 4.79 Å². The van der Waals surface area contributed by atoms with Crippen molar-refractivity contribution in [3.63, 3.8) is 0 Å². The van der Waals surface area contributed by atoms with Crippen LogP contribution < -0.4 is 16.6 Å². The van der Waals surface area contributed by atoms with Gasteiger partial charge in [-0.05, 0) is 30.3 Å². The molecule has 1 aromatic carbocycles. The summed E-state index contributed by atoms with van der Waals surface area (Å²) < 4.78 is 1.01. The van der Waals surface area contributed by atoms with Crippen molar-refractivity contribution >= 4 is 39.0 Å². The van der Waals surface area contributed by atoms with Gasteiger partial charge in [-0.25, -0.2) is 10.8 Å². The van der Waals surface area contributed by atoms with E-state index in [-0.39, 0.29) is 11.6 Å². The van der Waals surface area contributed by atoms with Gasteiger partial charge in [0.15, 0.2) is 11.5 Å². The second kappa shape index (κ2) is 5.19. The van der Waals surface area contributed by atoms with Crippen LogP contribution in [0.25, 0.3) is 10.2 Å². The first-order valence-electron chi connectivity index (χ1n) is 5.71. The third-order valence-corrected chi connectivity index (χ3v) is 3.43. The Morgan fingerprint density at radius 3 is 2.85 bits per heavy atom. The highest BCUT2D eigenvalue weighted by Gasteiger charge is 2.09. The average molecular weight is 286 g/mol. The van der Waals surface area contributed by atoms with E-state index in [1.54, 1.807) is 23.7 Å². The number of nitrogen functional groups attached to an aromatic ring is 1. The van der Waals surface area contributed by atoms with Crippen LogP contribution in [-0.4, -0.2) is 21.1 Å². The Morgan fingerprint density at radius 2 is 2.10 bits per heavy atom. The van der Waals surface area contributed by atoms with Gasteiger partial charge in [0.05, 0.1) is 15.7 Å². The summed E-state index contributed by atoms with van der Waals surface area (Å²) in [5.74, 6) is 5.25. The van der Waals surface area contributed by atoms with Crippen LogP contribution in [0.2, 0.25) is 0 Å². The number of nitrogens with two attached hydrogens (primary N) is 1. The van der Waals surface area contributed by atoms with Gasteiger partial charge in [0, 0.05) is 5.69 Å². The average Bonchev–Trinajstić information content (AvgIpc) is 2.95. The minimum atomic E-state index is -0.329. The monoisotopic (exact) mass is 286 g/mol. The number of hydrazine groups is 1. The van der Waals surface area contributed by atoms with Crippen LogP contribution in [0.3, 0.4) is 0 Å². The van der Waals surface area contributed by atoms with Crippen molar-refractivity contribution in [2.24, 2.45) is 5.84 Å². The molecule has 0 aliphatic heterocycles. The lowest BCUT2D eigenvalue weighted by Crippen LogP contribution is -2.16. The maximum Gasteiger partial charge on any atom is 0.276 e. The standard InChI is InChI=1S/C12H10N6OS/c13-16-11-4-3-9(17-18-11)12(19)15-7-1-2-8-10(5-7)20-6-14-8/h1-6H,13H2,(H,15,19)(H,16,18). The van der Waals surface area contributed by atoms with E-state index < -0.39 is 0 Å². The zero-order chi connectivity index (χ0) is 13.9. The molecule has 0 aliphatic rings. The molecule has 1 amide bonds. The molecule has 0 saturated heterocycles. The van der Waals surface area contributed by atoms with Gasteiger partial charge in [-0.1, -0.05) is 0 Å². The lowest BCUT2D eigenvalue weighted by Gasteiger charge is -2.04. The largest absolute Gasteiger partial charge is 0.321 e. The summed E-state index contributed by atoms with van der Waals surface area (Å²) >= 11 is 1.52. The third-order valence-electron chi connectivity index (χ3n) is 2.63. The second-order valence-electron chi connectivity index (χ2n) is 3.94. The smallest absolute Gasteiger partial charge is 0.276 e. The lowest BCUT2D eigenvalue weighted by atomic mass is 10.3. The molecule has 0 unspecified atom stereocenters. The Hall–Kier alpha value is -2.58. The van der Waals surface area contributed by atoms with Crippen molar-refractivity contribution in [3.05, 3.63) is 41.5 Å². The normalized spacial score (nSPS) is 10.4. The maximum absolute atomic E-state index is 12.0. The molecule has 100 valence electrons. The zero-order valence-corrected chi connectivity index (χ0v) is 11.0. The number of benzene rings is 1. The first kappa shape index (κ1) is 12.5. The SMILES string of the molecule is NNc1ccc(C(=O)Nc2ccc3ncsc3c2)nn1. The van der Waals surface area contributed by atoms with Crippen LogP contribution in [0.5, 0.6) is 0 Å². The van der Waals surface area contributed by atoms with Crippen molar-refractivity contribution in [1.29, 1.82) is 0 Å². The number of thiazole rings is 1. The van der Waals surface area contributed by atoms with E-state index in [0.29, 0.717) is 11.5 Å². The molecule has 0 fully saturated rings. The summed E-state index contributed by atoms with van der Waals surface area (Å²) in [5, 5.41) is 10.3. The molecule has 7 nitrogen and oxygen atoms in total. The Labute approximate surface area is 117 Å². The minimum absolute atomic E-state index is 0.216. The third kappa shape index (κ3) is 2.42. The summed E-state index contributed by atoms with van der Waals surface area (Å²) in [6, 6.07) is 8.64. The van der Waals surface area contributed by atoms with Gasteiger partial charge in [-0.2, -0.15) is 0 Å². The van der Waals surface area contributed by atoms with Crippen molar-refractivity contribution in [1.82, 2.24) is 15.2 Å². The number of hydrogen-bond donors (Lipinski definition) is 3. The van der Waals surface area contributed by atoms with Crippen LogP contribution in [0.15, 0.2) is 35.8 Å². The first-order chi connectivity index (χ1) is 9.76. The second-order valence-corrected chi connectivity index (χ2v) is 4.82. The number of hydrogen-bond acceptors (Lipinski definition) is 7. The predicted molar refractivity (Wildman–Crippen MR) is 77.4 cm³/mol. The number of aromatic nitrogens is 3. The summed E-state index contributed by atoms with van der Waals surface area (Å²) in [6.45, 7) is 0. The van der Waals surface area contributed by atoms with Gasteiger partial charge in [0.25, 0.3) is 5.91 Å². The van der Waals surface area contributed by atoms with E-state index in [2.05, 4.69) is 25.9 Å². The zero-order valence-electron chi connectivity index (χ0n) is 10.2. The van der Waals surface area contributed by atoms with Crippen LogP contribution in [0.1, 0.15) is 10.5 Å². The van der Waals surface area contributed by atoms with Gasteiger partial charge in [0.2, 0.25) is 0 Å². The molecule has 0 radical (unpaired) electrons. The molecule has 0 aliphatic carbocycles. The molecule has 0 saturated carbocycles.